The maximum absolute atomic E-state index is 6.06. The molecule has 1 aromatic rings. The van der Waals surface area contributed by atoms with Crippen molar-refractivity contribution in [2.45, 2.75) is 31.4 Å². The number of nitrogens with zero attached hydrogens (tertiary/aromatic N) is 1. The van der Waals surface area contributed by atoms with Gasteiger partial charge in [-0.05, 0) is 18.6 Å². The number of nitrogens with two attached hydrogens (primary N) is 1. The monoisotopic (exact) mass is 281 g/mol. The van der Waals surface area contributed by atoms with Crippen molar-refractivity contribution in [3.63, 3.8) is 0 Å². The summed E-state index contributed by atoms with van der Waals surface area (Å²) in [6, 6.07) is 1.79. The third-order valence-corrected chi connectivity index (χ3v) is 3.77. The third-order valence-electron chi connectivity index (χ3n) is 3.77. The van der Waals surface area contributed by atoms with E-state index in [0.717, 1.165) is 18.4 Å². The number of hydrogen-bond donors (Lipinski definition) is 2. The quantitative estimate of drug-likeness (QED) is 0.602. The summed E-state index contributed by atoms with van der Waals surface area (Å²) in [6.07, 6.45) is 5.07. The topological polar surface area (TPSA) is 78.6 Å². The van der Waals surface area contributed by atoms with Crippen molar-refractivity contribution in [3.8, 4) is 5.75 Å². The highest BCUT2D eigenvalue weighted by Crippen LogP contribution is 2.37. The highest BCUT2D eigenvalue weighted by atomic mass is 16.5. The Morgan fingerprint density at radius 3 is 2.80 bits per heavy atom. The van der Waals surface area contributed by atoms with Gasteiger partial charge in [0.1, 0.15) is 5.75 Å². The summed E-state index contributed by atoms with van der Waals surface area (Å²) >= 11 is 0. The smallest absolute Gasteiger partial charge is 0.137 e. The predicted octanol–water partition coefficient (Wildman–Crippen LogP) is 1.18. The van der Waals surface area contributed by atoms with Gasteiger partial charge in [0, 0.05) is 38.9 Å². The lowest BCUT2D eigenvalue weighted by atomic mass is 9.82. The first kappa shape index (κ1) is 15.2. The minimum absolute atomic E-state index is 0.144. The molecule has 3 N–H and O–H groups in total. The number of pyridine rings is 1. The van der Waals surface area contributed by atoms with E-state index in [1.807, 2.05) is 13.0 Å². The molecule has 0 radical (unpaired) electrons. The molecule has 1 saturated heterocycles. The molecule has 20 heavy (non-hydrogen) atoms. The maximum Gasteiger partial charge on any atom is 0.137 e. The van der Waals surface area contributed by atoms with Gasteiger partial charge in [0.2, 0.25) is 0 Å². The van der Waals surface area contributed by atoms with Crippen molar-refractivity contribution >= 4 is 0 Å². The maximum atomic E-state index is 6.06. The number of methoxy groups -OCH3 is 1. The molecule has 1 fully saturated rings. The highest BCUT2D eigenvalue weighted by molar-refractivity contribution is 5.28. The lowest BCUT2D eigenvalue weighted by molar-refractivity contribution is -0.128. The molecule has 1 unspecified atom stereocenters. The standard InChI is InChI=1S/C14H23N3O3/c1-3-20-14(4-6-19-7-5-14)13(17-15)11-8-12(18-2)10-16-9-11/h8-10,13,17H,3-7,15H2,1-2H3. The molecular weight excluding hydrogens is 258 g/mol. The molecule has 1 atom stereocenters. The molecule has 0 spiro atoms. The average Bonchev–Trinajstić information content (AvgIpc) is 2.49. The van der Waals surface area contributed by atoms with Gasteiger partial charge in [-0.1, -0.05) is 0 Å². The fraction of sp³-hybridized carbons (Fsp3) is 0.643. The van der Waals surface area contributed by atoms with Gasteiger partial charge in [-0.2, -0.15) is 0 Å². The molecule has 2 heterocycles. The average molecular weight is 281 g/mol. The van der Waals surface area contributed by atoms with Gasteiger partial charge in [-0.15, -0.1) is 0 Å². The predicted molar refractivity (Wildman–Crippen MR) is 75.3 cm³/mol. The first-order valence-electron chi connectivity index (χ1n) is 6.92. The Morgan fingerprint density at radius 2 is 2.20 bits per heavy atom. The minimum atomic E-state index is -0.365. The molecule has 6 nitrogen and oxygen atoms in total. The van der Waals surface area contributed by atoms with Crippen LogP contribution in [0, 0.1) is 0 Å². The zero-order valence-corrected chi connectivity index (χ0v) is 12.1. The Hall–Kier alpha value is -1.21. The summed E-state index contributed by atoms with van der Waals surface area (Å²) in [4.78, 5) is 4.20. The minimum Gasteiger partial charge on any atom is -0.495 e. The van der Waals surface area contributed by atoms with E-state index in [2.05, 4.69) is 10.4 Å². The molecule has 2 rings (SSSR count). The highest BCUT2D eigenvalue weighted by Gasteiger charge is 2.42. The van der Waals surface area contributed by atoms with E-state index < -0.39 is 0 Å². The van der Waals surface area contributed by atoms with E-state index in [1.165, 1.54) is 0 Å². The van der Waals surface area contributed by atoms with Gasteiger partial charge >= 0.3 is 0 Å². The number of rotatable bonds is 6. The summed E-state index contributed by atoms with van der Waals surface area (Å²) in [6.45, 7) is 3.98. The Bertz CT molecular complexity index is 416. The molecule has 1 aromatic heterocycles. The summed E-state index contributed by atoms with van der Waals surface area (Å²) in [7, 11) is 1.62. The summed E-state index contributed by atoms with van der Waals surface area (Å²) in [5.74, 6) is 6.51. The largest absolute Gasteiger partial charge is 0.495 e. The molecule has 1 aliphatic rings. The van der Waals surface area contributed by atoms with Crippen molar-refractivity contribution in [3.05, 3.63) is 24.0 Å². The zero-order valence-electron chi connectivity index (χ0n) is 12.1. The van der Waals surface area contributed by atoms with E-state index in [0.29, 0.717) is 25.6 Å². The van der Waals surface area contributed by atoms with E-state index in [9.17, 15) is 0 Å². The second kappa shape index (κ2) is 6.99. The first-order valence-corrected chi connectivity index (χ1v) is 6.92. The number of ether oxygens (including phenoxy) is 3. The summed E-state index contributed by atoms with van der Waals surface area (Å²) in [5, 5.41) is 0. The molecule has 1 aliphatic heterocycles. The van der Waals surface area contributed by atoms with Crippen LogP contribution < -0.4 is 16.0 Å². The number of aromatic nitrogens is 1. The molecule has 112 valence electrons. The van der Waals surface area contributed by atoms with Crippen LogP contribution in [0.2, 0.25) is 0 Å². The zero-order chi connectivity index (χ0) is 14.4. The van der Waals surface area contributed by atoms with Gasteiger partial charge in [-0.25, -0.2) is 0 Å². The van der Waals surface area contributed by atoms with Crippen LogP contribution in [-0.2, 0) is 9.47 Å². The van der Waals surface area contributed by atoms with Crippen LogP contribution in [-0.4, -0.2) is 37.5 Å². The van der Waals surface area contributed by atoms with Gasteiger partial charge in [0.25, 0.3) is 0 Å². The molecule has 0 aliphatic carbocycles. The van der Waals surface area contributed by atoms with Crippen molar-refractivity contribution < 1.29 is 14.2 Å². The lowest BCUT2D eigenvalue weighted by Crippen LogP contribution is -2.51. The molecule has 0 amide bonds. The van der Waals surface area contributed by atoms with Crippen LogP contribution in [0.5, 0.6) is 5.75 Å². The first-order chi connectivity index (χ1) is 9.75. The Labute approximate surface area is 119 Å². The SMILES string of the molecule is CCOC1(C(NN)c2cncc(OC)c2)CCOCC1. The number of hydrazine groups is 1. The normalized spacial score (nSPS) is 19.6. The third kappa shape index (κ3) is 3.09. The van der Waals surface area contributed by atoms with Crippen LogP contribution in [0.3, 0.4) is 0 Å². The van der Waals surface area contributed by atoms with Crippen LogP contribution in [0.15, 0.2) is 18.5 Å². The van der Waals surface area contributed by atoms with Crippen molar-refractivity contribution in [2.24, 2.45) is 5.84 Å². The van der Waals surface area contributed by atoms with E-state index in [-0.39, 0.29) is 11.6 Å². The molecular formula is C14H23N3O3. The van der Waals surface area contributed by atoms with Gasteiger partial charge in [0.05, 0.1) is 24.9 Å². The van der Waals surface area contributed by atoms with E-state index in [1.54, 1.807) is 19.5 Å². The summed E-state index contributed by atoms with van der Waals surface area (Å²) < 4.78 is 16.8. The molecule has 0 bridgehead atoms. The Morgan fingerprint density at radius 1 is 1.45 bits per heavy atom. The van der Waals surface area contributed by atoms with Crippen LogP contribution in [0.4, 0.5) is 0 Å². The fourth-order valence-corrected chi connectivity index (χ4v) is 2.78. The van der Waals surface area contributed by atoms with Gasteiger partial charge in [0.15, 0.2) is 0 Å². The lowest BCUT2D eigenvalue weighted by Gasteiger charge is -2.42. The molecule has 0 saturated carbocycles. The Kier molecular flexibility index (Phi) is 5.31. The number of hydrogen-bond acceptors (Lipinski definition) is 6. The number of nitrogens with one attached hydrogen (secondary N) is 1. The second-order valence-electron chi connectivity index (χ2n) is 4.87. The molecule has 0 aromatic carbocycles. The summed E-state index contributed by atoms with van der Waals surface area (Å²) in [5.41, 5.74) is 3.48. The Balaban J connectivity index is 2.31. The second-order valence-corrected chi connectivity index (χ2v) is 4.87. The van der Waals surface area contributed by atoms with Crippen LogP contribution in [0.25, 0.3) is 0 Å². The van der Waals surface area contributed by atoms with Crippen molar-refractivity contribution in [1.82, 2.24) is 10.4 Å². The van der Waals surface area contributed by atoms with Crippen LogP contribution >= 0.6 is 0 Å². The fourth-order valence-electron chi connectivity index (χ4n) is 2.78. The van der Waals surface area contributed by atoms with Crippen molar-refractivity contribution in [1.29, 1.82) is 0 Å². The van der Waals surface area contributed by atoms with Gasteiger partial charge < -0.3 is 14.2 Å². The van der Waals surface area contributed by atoms with Crippen LogP contribution in [0.1, 0.15) is 31.4 Å². The van der Waals surface area contributed by atoms with E-state index in [4.69, 9.17) is 20.1 Å². The van der Waals surface area contributed by atoms with Crippen molar-refractivity contribution in [2.75, 3.05) is 26.9 Å². The molecule has 6 heteroatoms. The van der Waals surface area contributed by atoms with Gasteiger partial charge in [-0.3, -0.25) is 16.3 Å². The van der Waals surface area contributed by atoms with E-state index >= 15 is 0 Å².